The molecule has 0 fully saturated rings. The number of carbonyl (C=O) groups excluding carboxylic acids is 1. The van der Waals surface area contributed by atoms with Gasteiger partial charge in [0.2, 0.25) is 0 Å². The number of rotatable bonds is 3. The number of benzene rings is 2. The molecular formula is C20H14Cl2N4O. The lowest BCUT2D eigenvalue weighted by atomic mass is 10.2. The van der Waals surface area contributed by atoms with Gasteiger partial charge in [-0.3, -0.25) is 4.79 Å². The predicted octanol–water partition coefficient (Wildman–Crippen LogP) is 5.49. The Labute approximate surface area is 165 Å². The lowest BCUT2D eigenvalue weighted by Gasteiger charge is -2.04. The lowest BCUT2D eigenvalue weighted by Crippen LogP contribution is -2.12. The summed E-state index contributed by atoms with van der Waals surface area (Å²) < 4.78 is 0. The molecule has 4 aromatic rings. The van der Waals surface area contributed by atoms with Crippen LogP contribution in [0, 0.1) is 6.92 Å². The van der Waals surface area contributed by atoms with E-state index in [0.717, 1.165) is 11.1 Å². The number of nitrogens with one attached hydrogen (secondary N) is 2. The quantitative estimate of drug-likeness (QED) is 0.480. The maximum Gasteiger partial charge on any atom is 0.256 e. The number of H-pyrrole nitrogens is 1. The maximum atomic E-state index is 12.5. The fourth-order valence-electron chi connectivity index (χ4n) is 2.72. The van der Waals surface area contributed by atoms with Gasteiger partial charge in [-0.1, -0.05) is 35.3 Å². The highest BCUT2D eigenvalue weighted by Crippen LogP contribution is 2.33. The zero-order valence-electron chi connectivity index (χ0n) is 14.3. The van der Waals surface area contributed by atoms with Crippen molar-refractivity contribution < 1.29 is 4.79 Å². The highest BCUT2D eigenvalue weighted by atomic mass is 35.5. The number of aryl methyl sites for hydroxylation is 1. The lowest BCUT2D eigenvalue weighted by molar-refractivity contribution is 0.102. The molecule has 2 aromatic heterocycles. The molecule has 0 unspecified atom stereocenters. The fourth-order valence-corrected chi connectivity index (χ4v) is 3.30. The SMILES string of the molecule is Cc1ccc(NC(=O)c2ccc3[nH]c(-c4c(Cl)cccc4Cl)nc3c2)nc1. The highest BCUT2D eigenvalue weighted by molar-refractivity contribution is 6.39. The monoisotopic (exact) mass is 396 g/mol. The van der Waals surface area contributed by atoms with E-state index in [1.807, 2.05) is 13.0 Å². The summed E-state index contributed by atoms with van der Waals surface area (Å²) >= 11 is 12.5. The van der Waals surface area contributed by atoms with Crippen molar-refractivity contribution in [2.24, 2.45) is 0 Å². The number of aromatic amines is 1. The number of halogens is 2. The van der Waals surface area contributed by atoms with Crippen molar-refractivity contribution in [2.75, 3.05) is 5.32 Å². The number of aromatic nitrogens is 3. The molecule has 0 spiro atoms. The standard InChI is InChI=1S/C20H14Cl2N4O/c1-11-5-8-17(23-10-11)26-20(27)12-6-7-15-16(9-12)25-19(24-15)18-13(21)3-2-4-14(18)22/h2-10H,1H3,(H,24,25)(H,23,26,27). The van der Waals surface area contributed by atoms with Crippen molar-refractivity contribution in [3.63, 3.8) is 0 Å². The number of hydrogen-bond donors (Lipinski definition) is 2. The zero-order chi connectivity index (χ0) is 19.0. The summed E-state index contributed by atoms with van der Waals surface area (Å²) in [4.78, 5) is 24.4. The van der Waals surface area contributed by atoms with Crippen LogP contribution in [-0.4, -0.2) is 20.9 Å². The molecule has 134 valence electrons. The zero-order valence-corrected chi connectivity index (χ0v) is 15.8. The van der Waals surface area contributed by atoms with Gasteiger partial charge in [0.1, 0.15) is 11.6 Å². The van der Waals surface area contributed by atoms with Gasteiger partial charge in [-0.25, -0.2) is 9.97 Å². The van der Waals surface area contributed by atoms with Gasteiger partial charge in [-0.05, 0) is 48.9 Å². The molecule has 0 radical (unpaired) electrons. The Morgan fingerprint density at radius 1 is 1.07 bits per heavy atom. The van der Waals surface area contributed by atoms with Gasteiger partial charge in [0, 0.05) is 11.8 Å². The molecule has 0 aliphatic rings. The molecule has 0 bridgehead atoms. The second kappa shape index (κ2) is 7.02. The van der Waals surface area contributed by atoms with Gasteiger partial charge >= 0.3 is 0 Å². The Morgan fingerprint density at radius 2 is 1.85 bits per heavy atom. The maximum absolute atomic E-state index is 12.5. The Hall–Kier alpha value is -2.89. The van der Waals surface area contributed by atoms with Gasteiger partial charge in [0.05, 0.1) is 26.6 Å². The van der Waals surface area contributed by atoms with E-state index in [1.54, 1.807) is 48.7 Å². The number of fused-ring (bicyclic) bond motifs is 1. The van der Waals surface area contributed by atoms with E-state index in [9.17, 15) is 4.79 Å². The van der Waals surface area contributed by atoms with Crippen molar-refractivity contribution in [3.8, 4) is 11.4 Å². The molecule has 0 saturated carbocycles. The molecule has 0 atom stereocenters. The third-order valence-electron chi connectivity index (χ3n) is 4.10. The van der Waals surface area contributed by atoms with Crippen LogP contribution >= 0.6 is 23.2 Å². The summed E-state index contributed by atoms with van der Waals surface area (Å²) in [5, 5.41) is 3.79. The smallest absolute Gasteiger partial charge is 0.256 e. The van der Waals surface area contributed by atoms with Gasteiger partial charge in [-0.15, -0.1) is 0 Å². The molecular weight excluding hydrogens is 383 g/mol. The number of nitrogens with zero attached hydrogens (tertiary/aromatic N) is 2. The van der Waals surface area contributed by atoms with Gasteiger partial charge < -0.3 is 10.3 Å². The van der Waals surface area contributed by atoms with Crippen molar-refractivity contribution >= 4 is 46.0 Å². The van der Waals surface area contributed by atoms with Crippen LogP contribution in [0.3, 0.4) is 0 Å². The fraction of sp³-hybridized carbons (Fsp3) is 0.0500. The van der Waals surface area contributed by atoms with Crippen molar-refractivity contribution in [1.29, 1.82) is 0 Å². The minimum absolute atomic E-state index is 0.256. The third-order valence-corrected chi connectivity index (χ3v) is 4.73. The van der Waals surface area contributed by atoms with Crippen molar-refractivity contribution in [1.82, 2.24) is 15.0 Å². The van der Waals surface area contributed by atoms with E-state index in [-0.39, 0.29) is 5.91 Å². The second-order valence-corrected chi connectivity index (χ2v) is 6.90. The van der Waals surface area contributed by atoms with E-state index in [4.69, 9.17) is 23.2 Å². The molecule has 5 nitrogen and oxygen atoms in total. The molecule has 2 N–H and O–H groups in total. The first-order valence-corrected chi connectivity index (χ1v) is 8.95. The van der Waals surface area contributed by atoms with Crippen LogP contribution in [0.25, 0.3) is 22.4 Å². The average Bonchev–Trinajstić information content (AvgIpc) is 3.06. The summed E-state index contributed by atoms with van der Waals surface area (Å²) in [5.41, 5.74) is 3.56. The predicted molar refractivity (Wildman–Crippen MR) is 108 cm³/mol. The summed E-state index contributed by atoms with van der Waals surface area (Å²) in [6.07, 6.45) is 1.70. The highest BCUT2D eigenvalue weighted by Gasteiger charge is 2.14. The van der Waals surface area contributed by atoms with Gasteiger partial charge in [0.15, 0.2) is 0 Å². The van der Waals surface area contributed by atoms with Crippen LogP contribution in [-0.2, 0) is 0 Å². The van der Waals surface area contributed by atoms with Crippen molar-refractivity contribution in [3.05, 3.63) is 75.9 Å². The first-order chi connectivity index (χ1) is 13.0. The summed E-state index contributed by atoms with van der Waals surface area (Å²) in [6, 6.07) is 14.2. The Kier molecular flexibility index (Phi) is 4.56. The molecule has 0 aliphatic heterocycles. The van der Waals surface area contributed by atoms with E-state index in [1.165, 1.54) is 0 Å². The Balaban J connectivity index is 1.66. The largest absolute Gasteiger partial charge is 0.338 e. The van der Waals surface area contributed by atoms with Crippen LogP contribution < -0.4 is 5.32 Å². The van der Waals surface area contributed by atoms with Gasteiger partial charge in [-0.2, -0.15) is 0 Å². The first-order valence-electron chi connectivity index (χ1n) is 8.19. The van der Waals surface area contributed by atoms with E-state index >= 15 is 0 Å². The number of hydrogen-bond acceptors (Lipinski definition) is 3. The molecule has 2 aromatic carbocycles. The first kappa shape index (κ1) is 17.5. The summed E-state index contributed by atoms with van der Waals surface area (Å²) in [7, 11) is 0. The molecule has 7 heteroatoms. The van der Waals surface area contributed by atoms with Crippen LogP contribution in [0.4, 0.5) is 5.82 Å². The molecule has 1 amide bonds. The van der Waals surface area contributed by atoms with E-state index in [0.29, 0.717) is 38.3 Å². The Bertz CT molecular complexity index is 1130. The third kappa shape index (κ3) is 3.52. The van der Waals surface area contributed by atoms with Gasteiger partial charge in [0.25, 0.3) is 5.91 Å². The normalized spacial score (nSPS) is 10.9. The number of pyridine rings is 1. The topological polar surface area (TPSA) is 70.7 Å². The Morgan fingerprint density at radius 3 is 2.56 bits per heavy atom. The number of imidazole rings is 1. The minimum atomic E-state index is -0.256. The number of anilines is 1. The molecule has 4 rings (SSSR count). The van der Waals surface area contributed by atoms with Crippen molar-refractivity contribution in [2.45, 2.75) is 6.92 Å². The molecule has 27 heavy (non-hydrogen) atoms. The minimum Gasteiger partial charge on any atom is -0.338 e. The molecule has 2 heterocycles. The van der Waals surface area contributed by atoms with Crippen LogP contribution in [0.15, 0.2) is 54.7 Å². The number of amides is 1. The van der Waals surface area contributed by atoms with E-state index < -0.39 is 0 Å². The summed E-state index contributed by atoms with van der Waals surface area (Å²) in [5.74, 6) is 0.795. The van der Waals surface area contributed by atoms with Crippen LogP contribution in [0.2, 0.25) is 10.0 Å². The summed E-state index contributed by atoms with van der Waals surface area (Å²) in [6.45, 7) is 1.94. The molecule has 0 saturated heterocycles. The number of carbonyl (C=O) groups is 1. The second-order valence-electron chi connectivity index (χ2n) is 6.09. The van der Waals surface area contributed by atoms with Crippen LogP contribution in [0.5, 0.6) is 0 Å². The van der Waals surface area contributed by atoms with Crippen LogP contribution in [0.1, 0.15) is 15.9 Å². The van der Waals surface area contributed by atoms with E-state index in [2.05, 4.69) is 20.3 Å². The molecule has 0 aliphatic carbocycles. The average molecular weight is 397 g/mol.